The molecule has 0 radical (unpaired) electrons. The molecule has 3 aromatic rings. The zero-order valence-corrected chi connectivity index (χ0v) is 17.0. The van der Waals surface area contributed by atoms with Gasteiger partial charge in [-0.05, 0) is 78.4 Å². The van der Waals surface area contributed by atoms with Gasteiger partial charge in [0.25, 0.3) is 0 Å². The van der Waals surface area contributed by atoms with Crippen LogP contribution < -0.4 is 19.5 Å². The number of hydrogen-bond acceptors (Lipinski definition) is 4. The molecule has 1 heterocycles. The number of hydrogen-bond donors (Lipinski definition) is 1. The third-order valence-corrected chi connectivity index (χ3v) is 5.97. The Morgan fingerprint density at radius 2 is 1.87 bits per heavy atom. The maximum atomic E-state index is 13.1. The first-order valence-electron chi connectivity index (χ1n) is 10.1. The van der Waals surface area contributed by atoms with Gasteiger partial charge in [0.1, 0.15) is 5.75 Å². The van der Waals surface area contributed by atoms with Gasteiger partial charge in [0.2, 0.25) is 12.7 Å². The quantitative estimate of drug-likeness (QED) is 0.627. The molecular weight excluding hydrogens is 378 g/mol. The Morgan fingerprint density at radius 1 is 1.03 bits per heavy atom. The number of aryl methyl sites for hydroxylation is 1. The first-order valence-corrected chi connectivity index (χ1v) is 10.1. The third kappa shape index (κ3) is 3.16. The van der Waals surface area contributed by atoms with E-state index in [1.807, 2.05) is 54.6 Å². The van der Waals surface area contributed by atoms with Gasteiger partial charge in [-0.15, -0.1) is 0 Å². The van der Waals surface area contributed by atoms with E-state index in [2.05, 4.69) is 18.3 Å². The van der Waals surface area contributed by atoms with Crippen molar-refractivity contribution in [1.29, 1.82) is 0 Å². The average molecular weight is 403 g/mol. The molecule has 5 rings (SSSR count). The molecule has 5 nitrogen and oxygen atoms in total. The second kappa shape index (κ2) is 7.10. The molecule has 1 fully saturated rings. The van der Waals surface area contributed by atoms with Crippen LogP contribution in [0.4, 0.5) is 5.69 Å². The topological polar surface area (TPSA) is 56.8 Å². The highest BCUT2D eigenvalue weighted by atomic mass is 16.7. The van der Waals surface area contributed by atoms with Crippen LogP contribution in [0.5, 0.6) is 17.2 Å². The summed E-state index contributed by atoms with van der Waals surface area (Å²) < 4.78 is 16.2. The van der Waals surface area contributed by atoms with Crippen LogP contribution in [-0.2, 0) is 10.2 Å². The Morgan fingerprint density at radius 3 is 2.63 bits per heavy atom. The summed E-state index contributed by atoms with van der Waals surface area (Å²) in [7, 11) is 1.67. The van der Waals surface area contributed by atoms with Crippen molar-refractivity contribution in [2.24, 2.45) is 0 Å². The van der Waals surface area contributed by atoms with E-state index in [1.165, 1.54) is 0 Å². The number of amides is 1. The minimum atomic E-state index is -0.486. The molecule has 0 saturated heterocycles. The first kappa shape index (κ1) is 18.6. The lowest BCUT2D eigenvalue weighted by Crippen LogP contribution is -2.27. The second-order valence-corrected chi connectivity index (χ2v) is 7.87. The highest BCUT2D eigenvalue weighted by Gasteiger charge is 2.51. The van der Waals surface area contributed by atoms with Gasteiger partial charge >= 0.3 is 0 Å². The average Bonchev–Trinajstić information content (AvgIpc) is 3.45. The lowest BCUT2D eigenvalue weighted by atomic mass is 9.94. The van der Waals surface area contributed by atoms with Gasteiger partial charge in [0.05, 0.1) is 12.5 Å². The number of ether oxygens (including phenoxy) is 3. The predicted octanol–water partition coefficient (Wildman–Crippen LogP) is 5.32. The van der Waals surface area contributed by atoms with E-state index in [4.69, 9.17) is 14.2 Å². The summed E-state index contributed by atoms with van der Waals surface area (Å²) in [6.45, 7) is 2.28. The Balaban J connectivity index is 0.00000231. The zero-order valence-electron chi connectivity index (χ0n) is 17.0. The van der Waals surface area contributed by atoms with E-state index in [9.17, 15) is 4.79 Å². The van der Waals surface area contributed by atoms with Crippen molar-refractivity contribution < 1.29 is 20.4 Å². The second-order valence-electron chi connectivity index (χ2n) is 7.87. The normalized spacial score (nSPS) is 15.5. The molecule has 30 heavy (non-hydrogen) atoms. The molecule has 0 atom stereocenters. The van der Waals surface area contributed by atoms with Crippen molar-refractivity contribution in [3.05, 3.63) is 71.8 Å². The Kier molecular flexibility index (Phi) is 4.39. The van der Waals surface area contributed by atoms with E-state index in [0.717, 1.165) is 52.3 Å². The van der Waals surface area contributed by atoms with Crippen molar-refractivity contribution in [2.75, 3.05) is 19.2 Å². The number of nitrogens with one attached hydrogen (secondary N) is 1. The summed E-state index contributed by atoms with van der Waals surface area (Å²) in [6, 6.07) is 19.8. The summed E-state index contributed by atoms with van der Waals surface area (Å²) in [4.78, 5) is 13.1. The maximum absolute atomic E-state index is 13.1. The molecule has 1 aliphatic carbocycles. The van der Waals surface area contributed by atoms with E-state index >= 15 is 0 Å². The van der Waals surface area contributed by atoms with Gasteiger partial charge in [-0.3, -0.25) is 4.79 Å². The minimum Gasteiger partial charge on any atom is -0.497 e. The fraction of sp³-hybridized carbons (Fsp3) is 0.240. The fourth-order valence-corrected chi connectivity index (χ4v) is 4.07. The molecule has 154 valence electrons. The fourth-order valence-electron chi connectivity index (χ4n) is 4.07. The largest absolute Gasteiger partial charge is 0.497 e. The highest BCUT2D eigenvalue weighted by molar-refractivity contribution is 6.01. The molecule has 0 bridgehead atoms. The SMILES string of the molecule is COc1cccc(-c2ccc(NC(=O)C3(c4ccc5c(c4)OCO5)CC3)cc2C)c1.[HH]. The van der Waals surface area contributed by atoms with E-state index < -0.39 is 5.41 Å². The molecule has 0 unspecified atom stereocenters. The lowest BCUT2D eigenvalue weighted by molar-refractivity contribution is -0.118. The lowest BCUT2D eigenvalue weighted by Gasteiger charge is -2.17. The summed E-state index contributed by atoms with van der Waals surface area (Å²) in [6.07, 6.45) is 1.67. The number of carbonyl (C=O) groups is 1. The minimum absolute atomic E-state index is 0. The van der Waals surface area contributed by atoms with Crippen LogP contribution >= 0.6 is 0 Å². The molecule has 1 N–H and O–H groups in total. The Hall–Kier alpha value is -3.47. The van der Waals surface area contributed by atoms with Crippen LogP contribution in [0.25, 0.3) is 11.1 Å². The monoisotopic (exact) mass is 403 g/mol. The van der Waals surface area contributed by atoms with Gasteiger partial charge < -0.3 is 19.5 Å². The number of benzene rings is 3. The van der Waals surface area contributed by atoms with E-state index in [0.29, 0.717) is 5.75 Å². The van der Waals surface area contributed by atoms with Crippen molar-refractivity contribution in [2.45, 2.75) is 25.2 Å². The van der Waals surface area contributed by atoms with Crippen molar-refractivity contribution in [3.63, 3.8) is 0 Å². The molecule has 0 spiro atoms. The van der Waals surface area contributed by atoms with E-state index in [-0.39, 0.29) is 14.1 Å². The van der Waals surface area contributed by atoms with Gasteiger partial charge in [-0.25, -0.2) is 0 Å². The number of fused-ring (bicyclic) bond motifs is 1. The van der Waals surface area contributed by atoms with Crippen LogP contribution in [0.2, 0.25) is 0 Å². The van der Waals surface area contributed by atoms with Crippen molar-refractivity contribution in [3.8, 4) is 28.4 Å². The van der Waals surface area contributed by atoms with Crippen molar-refractivity contribution >= 4 is 11.6 Å². The highest BCUT2D eigenvalue weighted by Crippen LogP contribution is 2.51. The molecule has 1 saturated carbocycles. The smallest absolute Gasteiger partial charge is 0.235 e. The first-order chi connectivity index (χ1) is 14.6. The molecular formula is C25H25NO4. The summed E-state index contributed by atoms with van der Waals surface area (Å²) >= 11 is 0. The van der Waals surface area contributed by atoms with Gasteiger partial charge in [0.15, 0.2) is 11.5 Å². The maximum Gasteiger partial charge on any atom is 0.235 e. The number of rotatable bonds is 5. The van der Waals surface area contributed by atoms with Gasteiger partial charge in [0, 0.05) is 7.11 Å². The molecule has 1 amide bonds. The van der Waals surface area contributed by atoms with Crippen LogP contribution in [-0.4, -0.2) is 19.8 Å². The standard InChI is InChI=1S/C25H23NO4.H2/c1-16-12-19(7-8-21(16)17-4-3-5-20(13-17)28-2)26-24(27)25(10-11-25)18-6-9-22-23(14-18)30-15-29-22;/h3-9,12-14H,10-11,15H2,1-2H3,(H,26,27);1H. The van der Waals surface area contributed by atoms with Gasteiger partial charge in [-0.2, -0.15) is 0 Å². The zero-order chi connectivity index (χ0) is 20.7. The van der Waals surface area contributed by atoms with Crippen molar-refractivity contribution in [1.82, 2.24) is 0 Å². The molecule has 1 aliphatic heterocycles. The summed E-state index contributed by atoms with van der Waals surface area (Å²) in [5.74, 6) is 2.29. The van der Waals surface area contributed by atoms with Crippen LogP contribution in [0.15, 0.2) is 60.7 Å². The molecule has 5 heteroatoms. The van der Waals surface area contributed by atoms with Crippen LogP contribution in [0, 0.1) is 6.92 Å². The molecule has 0 aromatic heterocycles. The number of methoxy groups -OCH3 is 1. The van der Waals surface area contributed by atoms with Gasteiger partial charge in [-0.1, -0.05) is 24.3 Å². The number of anilines is 1. The number of carbonyl (C=O) groups excluding carboxylic acids is 1. The Bertz CT molecular complexity index is 1140. The predicted molar refractivity (Wildman–Crippen MR) is 117 cm³/mol. The van der Waals surface area contributed by atoms with E-state index in [1.54, 1.807) is 7.11 Å². The molecule has 2 aliphatic rings. The van der Waals surface area contributed by atoms with Crippen LogP contribution in [0.1, 0.15) is 25.4 Å². The third-order valence-electron chi connectivity index (χ3n) is 5.97. The Labute approximate surface area is 177 Å². The summed E-state index contributed by atoms with van der Waals surface area (Å²) in [5, 5.41) is 3.12. The molecule has 3 aromatic carbocycles. The van der Waals surface area contributed by atoms with Crippen LogP contribution in [0.3, 0.4) is 0 Å². The summed E-state index contributed by atoms with van der Waals surface area (Å²) in [5.41, 5.74) is 4.59.